The molecule has 2 aliphatic rings. The van der Waals surface area contributed by atoms with E-state index in [2.05, 4.69) is 24.8 Å². The van der Waals surface area contributed by atoms with Crippen molar-refractivity contribution >= 4 is 17.6 Å². The Kier molecular flexibility index (Phi) is 6.04. The van der Waals surface area contributed by atoms with Crippen LogP contribution in [0.2, 0.25) is 0 Å². The highest BCUT2D eigenvalue weighted by atomic mass is 19.1. The summed E-state index contributed by atoms with van der Waals surface area (Å²) in [6.07, 6.45) is 3.49. The SMILES string of the molecule is NC(=NCc1cc(F)ccc1N1CCOCC1)N1CCN(c2ncccn2)CC1. The third-order valence-corrected chi connectivity index (χ3v) is 5.24. The number of morpholine rings is 1. The average molecular weight is 399 g/mol. The monoisotopic (exact) mass is 399 g/mol. The van der Waals surface area contributed by atoms with E-state index in [0.717, 1.165) is 56.5 Å². The molecule has 2 saturated heterocycles. The van der Waals surface area contributed by atoms with Crippen LogP contribution in [0, 0.1) is 5.82 Å². The number of halogens is 1. The second-order valence-corrected chi connectivity index (χ2v) is 7.07. The topological polar surface area (TPSA) is 83.1 Å². The van der Waals surface area contributed by atoms with Crippen LogP contribution in [0.25, 0.3) is 0 Å². The molecular weight excluding hydrogens is 373 g/mol. The van der Waals surface area contributed by atoms with Crippen LogP contribution in [0.5, 0.6) is 0 Å². The quantitative estimate of drug-likeness (QED) is 0.609. The summed E-state index contributed by atoms with van der Waals surface area (Å²) in [6, 6.07) is 6.67. The number of benzene rings is 1. The van der Waals surface area contributed by atoms with E-state index in [4.69, 9.17) is 10.5 Å². The zero-order chi connectivity index (χ0) is 20.1. The van der Waals surface area contributed by atoms with Gasteiger partial charge in [-0.2, -0.15) is 0 Å². The normalized spacial score (nSPS) is 18.2. The molecule has 3 heterocycles. The van der Waals surface area contributed by atoms with Gasteiger partial charge >= 0.3 is 0 Å². The van der Waals surface area contributed by atoms with E-state index in [1.54, 1.807) is 18.5 Å². The Morgan fingerprint density at radius 3 is 2.48 bits per heavy atom. The molecule has 9 heteroatoms. The molecule has 4 rings (SSSR count). The van der Waals surface area contributed by atoms with Crippen molar-refractivity contribution in [3.05, 3.63) is 48.0 Å². The van der Waals surface area contributed by atoms with Gasteiger partial charge < -0.3 is 25.2 Å². The van der Waals surface area contributed by atoms with Crippen LogP contribution in [-0.2, 0) is 11.3 Å². The van der Waals surface area contributed by atoms with Gasteiger partial charge in [0.15, 0.2) is 5.96 Å². The van der Waals surface area contributed by atoms with Crippen molar-refractivity contribution in [1.29, 1.82) is 0 Å². The number of ether oxygens (including phenoxy) is 1. The van der Waals surface area contributed by atoms with Crippen LogP contribution in [0.3, 0.4) is 0 Å². The van der Waals surface area contributed by atoms with E-state index in [1.807, 2.05) is 17.0 Å². The van der Waals surface area contributed by atoms with Gasteiger partial charge in [-0.15, -0.1) is 0 Å². The maximum absolute atomic E-state index is 13.8. The van der Waals surface area contributed by atoms with E-state index >= 15 is 0 Å². The molecule has 0 radical (unpaired) electrons. The number of guanidine groups is 1. The maximum Gasteiger partial charge on any atom is 0.225 e. The first-order valence-electron chi connectivity index (χ1n) is 9.88. The Morgan fingerprint density at radius 2 is 1.76 bits per heavy atom. The van der Waals surface area contributed by atoms with Crippen LogP contribution >= 0.6 is 0 Å². The summed E-state index contributed by atoms with van der Waals surface area (Å²) in [5, 5.41) is 0. The Labute approximate surface area is 169 Å². The van der Waals surface area contributed by atoms with Crippen molar-refractivity contribution in [2.45, 2.75) is 6.54 Å². The zero-order valence-corrected chi connectivity index (χ0v) is 16.4. The zero-order valence-electron chi connectivity index (χ0n) is 16.4. The molecule has 29 heavy (non-hydrogen) atoms. The molecule has 0 saturated carbocycles. The number of aliphatic imine (C=N–C) groups is 1. The predicted octanol–water partition coefficient (Wildman–Crippen LogP) is 1.09. The molecule has 2 fully saturated rings. The first-order valence-corrected chi connectivity index (χ1v) is 9.88. The molecule has 0 bridgehead atoms. The van der Waals surface area contributed by atoms with Crippen LogP contribution < -0.4 is 15.5 Å². The fraction of sp³-hybridized carbons (Fsp3) is 0.450. The minimum Gasteiger partial charge on any atom is -0.378 e. The van der Waals surface area contributed by atoms with Crippen molar-refractivity contribution < 1.29 is 9.13 Å². The number of rotatable bonds is 4. The highest BCUT2D eigenvalue weighted by molar-refractivity contribution is 5.78. The van der Waals surface area contributed by atoms with Gasteiger partial charge in [-0.25, -0.2) is 19.4 Å². The first kappa shape index (κ1) is 19.4. The molecule has 2 N–H and O–H groups in total. The van der Waals surface area contributed by atoms with Gasteiger partial charge in [0, 0.05) is 57.3 Å². The fourth-order valence-corrected chi connectivity index (χ4v) is 3.65. The van der Waals surface area contributed by atoms with Gasteiger partial charge in [0.2, 0.25) is 5.95 Å². The summed E-state index contributed by atoms with van der Waals surface area (Å²) >= 11 is 0. The Bertz CT molecular complexity index is 834. The number of aromatic nitrogens is 2. The Balaban J connectivity index is 1.40. The van der Waals surface area contributed by atoms with Gasteiger partial charge in [-0.3, -0.25) is 0 Å². The number of nitrogens with zero attached hydrogens (tertiary/aromatic N) is 6. The number of nitrogens with two attached hydrogens (primary N) is 1. The molecule has 0 amide bonds. The van der Waals surface area contributed by atoms with E-state index in [0.29, 0.717) is 25.7 Å². The lowest BCUT2D eigenvalue weighted by molar-refractivity contribution is 0.122. The molecule has 1 aromatic carbocycles. The van der Waals surface area contributed by atoms with Crippen LogP contribution in [0.4, 0.5) is 16.0 Å². The third-order valence-electron chi connectivity index (χ3n) is 5.24. The van der Waals surface area contributed by atoms with Gasteiger partial charge in [0.1, 0.15) is 5.82 Å². The molecule has 154 valence electrons. The lowest BCUT2D eigenvalue weighted by atomic mass is 10.1. The predicted molar refractivity (Wildman–Crippen MR) is 111 cm³/mol. The van der Waals surface area contributed by atoms with Crippen LogP contribution in [0.1, 0.15) is 5.56 Å². The third kappa shape index (κ3) is 4.73. The lowest BCUT2D eigenvalue weighted by Gasteiger charge is -2.35. The van der Waals surface area contributed by atoms with Crippen LogP contribution in [-0.4, -0.2) is 73.3 Å². The fourth-order valence-electron chi connectivity index (χ4n) is 3.65. The van der Waals surface area contributed by atoms with Crippen LogP contribution in [0.15, 0.2) is 41.7 Å². The minimum absolute atomic E-state index is 0.262. The molecule has 0 aliphatic carbocycles. The van der Waals surface area contributed by atoms with Gasteiger partial charge in [0.05, 0.1) is 19.8 Å². The highest BCUT2D eigenvalue weighted by Gasteiger charge is 2.20. The number of hydrogen-bond acceptors (Lipinski definition) is 6. The highest BCUT2D eigenvalue weighted by Crippen LogP contribution is 2.24. The van der Waals surface area contributed by atoms with Crippen molar-refractivity contribution in [2.24, 2.45) is 10.7 Å². The number of piperazine rings is 1. The van der Waals surface area contributed by atoms with E-state index in [-0.39, 0.29) is 5.82 Å². The summed E-state index contributed by atoms with van der Waals surface area (Å²) in [6.45, 7) is 6.33. The summed E-state index contributed by atoms with van der Waals surface area (Å²) in [5.41, 5.74) is 8.08. The molecule has 8 nitrogen and oxygen atoms in total. The second-order valence-electron chi connectivity index (χ2n) is 7.07. The van der Waals surface area contributed by atoms with E-state index in [1.165, 1.54) is 6.07 Å². The summed E-state index contributed by atoms with van der Waals surface area (Å²) in [4.78, 5) is 19.5. The number of anilines is 2. The average Bonchev–Trinajstić information content (AvgIpc) is 2.79. The molecule has 0 spiro atoms. The molecular formula is C20H26FN7O. The maximum atomic E-state index is 13.8. The largest absolute Gasteiger partial charge is 0.378 e. The Morgan fingerprint density at radius 1 is 1.03 bits per heavy atom. The molecule has 0 atom stereocenters. The number of hydrogen-bond donors (Lipinski definition) is 1. The molecule has 2 aliphatic heterocycles. The van der Waals surface area contributed by atoms with Crippen molar-refractivity contribution in [1.82, 2.24) is 14.9 Å². The summed E-state index contributed by atoms with van der Waals surface area (Å²) < 4.78 is 19.3. The lowest BCUT2D eigenvalue weighted by Crippen LogP contribution is -2.51. The summed E-state index contributed by atoms with van der Waals surface area (Å²) in [7, 11) is 0. The Hall–Kier alpha value is -2.94. The van der Waals surface area contributed by atoms with E-state index < -0.39 is 0 Å². The molecule has 1 aromatic heterocycles. The molecule has 2 aromatic rings. The molecule has 0 unspecified atom stereocenters. The smallest absolute Gasteiger partial charge is 0.225 e. The first-order chi connectivity index (χ1) is 14.2. The summed E-state index contributed by atoms with van der Waals surface area (Å²) in [5.74, 6) is 0.954. The van der Waals surface area contributed by atoms with Crippen molar-refractivity contribution in [3.8, 4) is 0 Å². The second kappa shape index (κ2) is 9.04. The minimum atomic E-state index is -0.262. The van der Waals surface area contributed by atoms with Gasteiger partial charge in [-0.1, -0.05) is 0 Å². The van der Waals surface area contributed by atoms with Crippen molar-refractivity contribution in [2.75, 3.05) is 62.3 Å². The van der Waals surface area contributed by atoms with E-state index in [9.17, 15) is 4.39 Å². The van der Waals surface area contributed by atoms with Gasteiger partial charge in [0.25, 0.3) is 0 Å². The van der Waals surface area contributed by atoms with Crippen molar-refractivity contribution in [3.63, 3.8) is 0 Å². The standard InChI is InChI=1S/C20H26FN7O/c21-17-2-3-18(26-10-12-29-13-11-26)16(14-17)15-25-19(22)27-6-8-28(9-7-27)20-23-4-1-5-24-20/h1-5,14H,6-13,15H2,(H2,22,25). The van der Waals surface area contributed by atoms with Gasteiger partial charge in [-0.05, 0) is 29.8 Å².